The first-order valence-corrected chi connectivity index (χ1v) is 9.35. The minimum Gasteiger partial charge on any atom is -0.337 e. The van der Waals surface area contributed by atoms with Crippen molar-refractivity contribution in [3.05, 3.63) is 67.3 Å². The van der Waals surface area contributed by atoms with Gasteiger partial charge in [-0.05, 0) is 36.1 Å². The van der Waals surface area contributed by atoms with Crippen LogP contribution >= 0.6 is 15.9 Å². The summed E-state index contributed by atoms with van der Waals surface area (Å²) < 4.78 is 14.6. The van der Waals surface area contributed by atoms with Crippen LogP contribution in [0.15, 0.2) is 33.5 Å². The quantitative estimate of drug-likeness (QED) is 0.800. The van der Waals surface area contributed by atoms with Gasteiger partial charge in [-0.15, -0.1) is 0 Å². The smallest absolute Gasteiger partial charge is 0.261 e. The Morgan fingerprint density at radius 2 is 1.96 bits per heavy atom. The van der Waals surface area contributed by atoms with Crippen molar-refractivity contribution in [3.8, 4) is 0 Å². The van der Waals surface area contributed by atoms with E-state index in [1.54, 1.807) is 12.1 Å². The summed E-state index contributed by atoms with van der Waals surface area (Å²) in [6.07, 6.45) is 0.926. The third kappa shape index (κ3) is 4.03. The molecule has 5 nitrogen and oxygen atoms in total. The molecule has 0 radical (unpaired) electrons. The van der Waals surface area contributed by atoms with Gasteiger partial charge in [0.25, 0.3) is 11.5 Å². The molecule has 142 valence electrons. The molecule has 3 rings (SSSR count). The third-order valence-corrected chi connectivity index (χ3v) is 5.20. The monoisotopic (exact) mass is 434 g/mol. The zero-order chi connectivity index (χ0) is 19.9. The number of nitrogens with zero attached hydrogens (tertiary/aromatic N) is 1. The van der Waals surface area contributed by atoms with Crippen LogP contribution in [0, 0.1) is 11.2 Å². The first-order chi connectivity index (χ1) is 12.6. The van der Waals surface area contributed by atoms with Crippen molar-refractivity contribution in [2.24, 2.45) is 5.41 Å². The Bertz CT molecular complexity index is 997. The maximum absolute atomic E-state index is 14.0. The standard InChI is InChI=1S/C20H20BrFN2O3/c1-20(2)8-16-13(17(25)9-20)7-14(18(26)23-16)19(27)24(3)10-11-6-12(21)4-5-15(11)22/h4-7H,8-10H2,1-3H3,(H,23,26). The number of nitrogens with one attached hydrogen (secondary N) is 1. The van der Waals surface area contributed by atoms with Crippen LogP contribution in [-0.2, 0) is 13.0 Å². The van der Waals surface area contributed by atoms with Gasteiger partial charge >= 0.3 is 0 Å². The van der Waals surface area contributed by atoms with Crippen LogP contribution in [0.4, 0.5) is 4.39 Å². The highest BCUT2D eigenvalue weighted by atomic mass is 79.9. The number of Topliss-reactive ketones (excluding diaryl/α,β-unsaturated/α-hetero) is 1. The summed E-state index contributed by atoms with van der Waals surface area (Å²) in [6.45, 7) is 3.93. The van der Waals surface area contributed by atoms with Gasteiger partial charge in [0.1, 0.15) is 11.4 Å². The number of ketones is 1. The number of aromatic nitrogens is 1. The number of carbonyl (C=O) groups excluding carboxylic acids is 2. The Labute approximate surface area is 164 Å². The highest BCUT2D eigenvalue weighted by Crippen LogP contribution is 2.33. The SMILES string of the molecule is CN(Cc1cc(Br)ccc1F)C(=O)c1cc2c([nH]c1=O)CC(C)(C)CC2=O. The van der Waals surface area contributed by atoms with E-state index in [0.717, 1.165) is 0 Å². The van der Waals surface area contributed by atoms with Gasteiger partial charge in [0.05, 0.1) is 0 Å². The van der Waals surface area contributed by atoms with Crippen molar-refractivity contribution in [2.45, 2.75) is 33.2 Å². The minimum atomic E-state index is -0.559. The van der Waals surface area contributed by atoms with Gasteiger partial charge in [0.2, 0.25) is 0 Å². The second-order valence-corrected chi connectivity index (χ2v) is 8.66. The molecular weight excluding hydrogens is 415 g/mol. The van der Waals surface area contributed by atoms with Crippen LogP contribution in [0.25, 0.3) is 0 Å². The largest absolute Gasteiger partial charge is 0.337 e. The Balaban J connectivity index is 1.91. The van der Waals surface area contributed by atoms with Crippen molar-refractivity contribution in [3.63, 3.8) is 0 Å². The lowest BCUT2D eigenvalue weighted by Gasteiger charge is -2.30. The molecule has 2 aromatic rings. The van der Waals surface area contributed by atoms with Crippen LogP contribution < -0.4 is 5.56 Å². The molecule has 0 saturated carbocycles. The van der Waals surface area contributed by atoms with E-state index in [9.17, 15) is 18.8 Å². The molecule has 0 fully saturated rings. The molecule has 1 N–H and O–H groups in total. The fraction of sp³-hybridized carbons (Fsp3) is 0.350. The Morgan fingerprint density at radius 1 is 1.26 bits per heavy atom. The lowest BCUT2D eigenvalue weighted by Crippen LogP contribution is -2.35. The average molecular weight is 435 g/mol. The lowest BCUT2D eigenvalue weighted by molar-refractivity contribution is 0.0782. The number of halogens is 2. The molecule has 0 saturated heterocycles. The number of H-pyrrole nitrogens is 1. The van der Waals surface area contributed by atoms with Crippen molar-refractivity contribution < 1.29 is 14.0 Å². The van der Waals surface area contributed by atoms with Gasteiger partial charge in [-0.25, -0.2) is 4.39 Å². The average Bonchev–Trinajstić information content (AvgIpc) is 2.56. The molecule has 1 heterocycles. The molecule has 0 unspecified atom stereocenters. The summed E-state index contributed by atoms with van der Waals surface area (Å²) in [7, 11) is 1.49. The zero-order valence-corrected chi connectivity index (χ0v) is 16.9. The molecule has 1 amide bonds. The molecule has 1 aromatic heterocycles. The summed E-state index contributed by atoms with van der Waals surface area (Å²) >= 11 is 3.27. The summed E-state index contributed by atoms with van der Waals surface area (Å²) in [5.41, 5.74) is 0.406. The second kappa shape index (κ2) is 7.03. The first kappa shape index (κ1) is 19.5. The van der Waals surface area contributed by atoms with Gasteiger partial charge in [0.15, 0.2) is 5.78 Å². The molecule has 7 heteroatoms. The van der Waals surface area contributed by atoms with Gasteiger partial charge in [-0.1, -0.05) is 29.8 Å². The molecule has 1 aromatic carbocycles. The fourth-order valence-electron chi connectivity index (χ4n) is 3.38. The summed E-state index contributed by atoms with van der Waals surface area (Å²) in [5, 5.41) is 0. The third-order valence-electron chi connectivity index (χ3n) is 4.71. The van der Waals surface area contributed by atoms with Crippen LogP contribution in [-0.4, -0.2) is 28.6 Å². The second-order valence-electron chi connectivity index (χ2n) is 7.74. The van der Waals surface area contributed by atoms with E-state index < -0.39 is 17.3 Å². The molecule has 0 bridgehead atoms. The molecular formula is C20H20BrFN2O3. The highest BCUT2D eigenvalue weighted by Gasteiger charge is 2.33. The van der Waals surface area contributed by atoms with Crippen LogP contribution in [0.5, 0.6) is 0 Å². The summed E-state index contributed by atoms with van der Waals surface area (Å²) in [5.74, 6) is -1.09. The Kier molecular flexibility index (Phi) is 5.08. The molecule has 0 aliphatic heterocycles. The van der Waals surface area contributed by atoms with E-state index >= 15 is 0 Å². The normalized spacial score (nSPS) is 15.4. The van der Waals surface area contributed by atoms with Crippen molar-refractivity contribution in [1.82, 2.24) is 9.88 Å². The summed E-state index contributed by atoms with van der Waals surface area (Å²) in [6, 6.07) is 5.84. The van der Waals surface area contributed by atoms with E-state index in [-0.39, 0.29) is 23.3 Å². The van der Waals surface area contributed by atoms with Crippen molar-refractivity contribution in [2.75, 3.05) is 7.05 Å². The van der Waals surface area contributed by atoms with Gasteiger partial charge < -0.3 is 9.88 Å². The first-order valence-electron chi connectivity index (χ1n) is 8.56. The lowest BCUT2D eigenvalue weighted by atomic mass is 9.75. The predicted octanol–water partition coefficient (Wildman–Crippen LogP) is 3.70. The molecule has 0 spiro atoms. The Hall–Kier alpha value is -2.28. The van der Waals surface area contributed by atoms with Gasteiger partial charge in [-0.2, -0.15) is 0 Å². The van der Waals surface area contributed by atoms with Gasteiger partial charge in [0, 0.05) is 41.3 Å². The van der Waals surface area contributed by atoms with Crippen LogP contribution in [0.3, 0.4) is 0 Å². The Morgan fingerprint density at radius 3 is 2.67 bits per heavy atom. The number of aromatic amines is 1. The maximum atomic E-state index is 14.0. The zero-order valence-electron chi connectivity index (χ0n) is 15.4. The van der Waals surface area contributed by atoms with Crippen LogP contribution in [0.2, 0.25) is 0 Å². The summed E-state index contributed by atoms with van der Waals surface area (Å²) in [4.78, 5) is 41.6. The number of amides is 1. The van der Waals surface area contributed by atoms with Crippen molar-refractivity contribution in [1.29, 1.82) is 0 Å². The molecule has 27 heavy (non-hydrogen) atoms. The minimum absolute atomic E-state index is 0.00160. The number of hydrogen-bond acceptors (Lipinski definition) is 3. The van der Waals surface area contributed by atoms with E-state index in [4.69, 9.17) is 0 Å². The number of rotatable bonds is 3. The topological polar surface area (TPSA) is 70.2 Å². The predicted molar refractivity (Wildman–Crippen MR) is 103 cm³/mol. The van der Waals surface area contributed by atoms with E-state index in [0.29, 0.717) is 34.1 Å². The number of carbonyl (C=O) groups is 2. The number of benzene rings is 1. The fourth-order valence-corrected chi connectivity index (χ4v) is 3.79. The molecule has 0 atom stereocenters. The highest BCUT2D eigenvalue weighted by molar-refractivity contribution is 9.10. The van der Waals surface area contributed by atoms with Crippen LogP contribution in [0.1, 0.15) is 52.2 Å². The van der Waals surface area contributed by atoms with E-state index in [1.165, 1.54) is 24.1 Å². The van der Waals surface area contributed by atoms with E-state index in [1.807, 2.05) is 13.8 Å². The molecule has 1 aliphatic carbocycles. The number of fused-ring (bicyclic) bond motifs is 1. The molecule has 1 aliphatic rings. The van der Waals surface area contributed by atoms with Gasteiger partial charge in [-0.3, -0.25) is 14.4 Å². The van der Waals surface area contributed by atoms with E-state index in [2.05, 4.69) is 20.9 Å². The number of hydrogen-bond donors (Lipinski definition) is 1. The van der Waals surface area contributed by atoms with Crippen molar-refractivity contribution >= 4 is 27.6 Å². The number of pyridine rings is 1. The maximum Gasteiger partial charge on any atom is 0.261 e.